The average molecular weight is 278 g/mol. The smallest absolute Gasteiger partial charge is 0.337 e. The number of benzene rings is 1. The van der Waals surface area contributed by atoms with E-state index in [0.717, 1.165) is 32.2 Å². The van der Waals surface area contributed by atoms with Gasteiger partial charge in [-0.3, -0.25) is 4.79 Å². The van der Waals surface area contributed by atoms with Crippen molar-refractivity contribution < 1.29 is 14.3 Å². The fraction of sp³-hybridized carbons (Fsp3) is 0.467. The highest BCUT2D eigenvalue weighted by atomic mass is 16.5. The molecule has 0 aromatic heterocycles. The number of carbonyl (C=O) groups is 2. The van der Waals surface area contributed by atoms with Crippen LogP contribution in [0.5, 0.6) is 0 Å². The van der Waals surface area contributed by atoms with Crippen molar-refractivity contribution >= 4 is 11.9 Å². The second-order valence-corrected chi connectivity index (χ2v) is 4.53. The average Bonchev–Trinajstić information content (AvgIpc) is 2.50. The fourth-order valence-corrected chi connectivity index (χ4v) is 1.80. The van der Waals surface area contributed by atoms with Crippen molar-refractivity contribution in [2.45, 2.75) is 25.7 Å². The maximum atomic E-state index is 11.8. The van der Waals surface area contributed by atoms with Gasteiger partial charge in [0.2, 0.25) is 0 Å². The van der Waals surface area contributed by atoms with Crippen LogP contribution in [0, 0.1) is 0 Å². The van der Waals surface area contributed by atoms with Crippen molar-refractivity contribution in [1.82, 2.24) is 5.32 Å². The highest BCUT2D eigenvalue weighted by molar-refractivity contribution is 5.96. The molecule has 110 valence electrons. The van der Waals surface area contributed by atoms with Crippen LogP contribution in [-0.4, -0.2) is 32.1 Å². The van der Waals surface area contributed by atoms with Gasteiger partial charge in [0.15, 0.2) is 0 Å². The summed E-state index contributed by atoms with van der Waals surface area (Å²) in [6, 6.07) is 6.41. The van der Waals surface area contributed by atoms with Crippen molar-refractivity contribution in [1.29, 1.82) is 0 Å². The van der Waals surface area contributed by atoms with Gasteiger partial charge in [-0.05, 0) is 43.7 Å². The Bertz CT molecular complexity index is 429. The lowest BCUT2D eigenvalue weighted by molar-refractivity contribution is 0.0600. The maximum Gasteiger partial charge on any atom is 0.337 e. The number of nitrogens with one attached hydrogen (secondary N) is 1. The van der Waals surface area contributed by atoms with E-state index in [2.05, 4.69) is 10.1 Å². The third kappa shape index (κ3) is 5.40. The van der Waals surface area contributed by atoms with Crippen LogP contribution in [0.1, 0.15) is 46.4 Å². The van der Waals surface area contributed by atoms with E-state index in [1.165, 1.54) is 7.11 Å². The minimum absolute atomic E-state index is 0.125. The summed E-state index contributed by atoms with van der Waals surface area (Å²) in [7, 11) is 1.33. The topological polar surface area (TPSA) is 81.4 Å². The third-order valence-corrected chi connectivity index (χ3v) is 2.98. The largest absolute Gasteiger partial charge is 0.465 e. The van der Waals surface area contributed by atoms with E-state index < -0.39 is 5.97 Å². The van der Waals surface area contributed by atoms with Crippen LogP contribution in [-0.2, 0) is 4.74 Å². The molecule has 0 saturated heterocycles. The van der Waals surface area contributed by atoms with Gasteiger partial charge in [-0.2, -0.15) is 0 Å². The zero-order valence-corrected chi connectivity index (χ0v) is 11.9. The molecule has 3 N–H and O–H groups in total. The Labute approximate surface area is 119 Å². The third-order valence-electron chi connectivity index (χ3n) is 2.98. The van der Waals surface area contributed by atoms with Gasteiger partial charge in [0.1, 0.15) is 0 Å². The molecule has 1 aromatic carbocycles. The first-order chi connectivity index (χ1) is 9.69. The molecule has 0 spiro atoms. The molecule has 0 aliphatic heterocycles. The van der Waals surface area contributed by atoms with Crippen LogP contribution >= 0.6 is 0 Å². The maximum absolute atomic E-state index is 11.8. The Hall–Kier alpha value is -1.88. The Morgan fingerprint density at radius 2 is 1.65 bits per heavy atom. The molecular formula is C15H22N2O3. The number of esters is 1. The van der Waals surface area contributed by atoms with Crippen LogP contribution < -0.4 is 11.1 Å². The molecule has 1 rings (SSSR count). The Morgan fingerprint density at radius 1 is 1.05 bits per heavy atom. The monoisotopic (exact) mass is 278 g/mol. The molecule has 0 aliphatic carbocycles. The Morgan fingerprint density at radius 3 is 2.25 bits per heavy atom. The first-order valence-corrected chi connectivity index (χ1v) is 6.85. The van der Waals surface area contributed by atoms with E-state index in [4.69, 9.17) is 5.73 Å². The van der Waals surface area contributed by atoms with Gasteiger partial charge < -0.3 is 15.8 Å². The van der Waals surface area contributed by atoms with Crippen molar-refractivity contribution in [3.8, 4) is 0 Å². The molecule has 0 atom stereocenters. The Balaban J connectivity index is 2.34. The quantitative estimate of drug-likeness (QED) is 0.560. The molecule has 0 unspecified atom stereocenters. The van der Waals surface area contributed by atoms with Crippen LogP contribution in [0.4, 0.5) is 0 Å². The summed E-state index contributed by atoms with van der Waals surface area (Å²) in [5.74, 6) is -0.530. The van der Waals surface area contributed by atoms with Gasteiger partial charge in [0, 0.05) is 12.1 Å². The number of amides is 1. The van der Waals surface area contributed by atoms with Gasteiger partial charge in [-0.15, -0.1) is 0 Å². The van der Waals surface area contributed by atoms with Gasteiger partial charge in [-0.25, -0.2) is 4.79 Å². The number of rotatable bonds is 8. The molecule has 0 aliphatic rings. The predicted molar refractivity (Wildman–Crippen MR) is 77.6 cm³/mol. The van der Waals surface area contributed by atoms with E-state index in [1.807, 2.05) is 0 Å². The zero-order chi connectivity index (χ0) is 14.8. The number of methoxy groups -OCH3 is 1. The van der Waals surface area contributed by atoms with E-state index in [0.29, 0.717) is 17.7 Å². The molecule has 20 heavy (non-hydrogen) atoms. The van der Waals surface area contributed by atoms with Gasteiger partial charge in [0.25, 0.3) is 5.91 Å². The molecule has 5 nitrogen and oxygen atoms in total. The SMILES string of the molecule is COC(=O)c1ccc(C(=O)NCCCCCCN)cc1. The molecule has 0 bridgehead atoms. The molecule has 0 heterocycles. The number of unbranched alkanes of at least 4 members (excludes halogenated alkanes) is 3. The van der Waals surface area contributed by atoms with Crippen molar-refractivity contribution in [3.05, 3.63) is 35.4 Å². The summed E-state index contributed by atoms with van der Waals surface area (Å²) in [5, 5.41) is 2.85. The normalized spacial score (nSPS) is 10.1. The summed E-state index contributed by atoms with van der Waals surface area (Å²) in [6.07, 6.45) is 4.15. The van der Waals surface area contributed by atoms with Crippen LogP contribution in [0.2, 0.25) is 0 Å². The molecule has 0 radical (unpaired) electrons. The zero-order valence-electron chi connectivity index (χ0n) is 11.9. The number of carbonyl (C=O) groups excluding carboxylic acids is 2. The summed E-state index contributed by atoms with van der Waals surface area (Å²) in [6.45, 7) is 1.38. The summed E-state index contributed by atoms with van der Waals surface area (Å²) in [4.78, 5) is 23.1. The molecule has 0 saturated carbocycles. The van der Waals surface area contributed by atoms with E-state index in [9.17, 15) is 9.59 Å². The standard InChI is InChI=1S/C15H22N2O3/c1-20-15(19)13-8-6-12(7-9-13)14(18)17-11-5-3-2-4-10-16/h6-9H,2-5,10-11,16H2,1H3,(H,17,18). The fourth-order valence-electron chi connectivity index (χ4n) is 1.80. The Kier molecular flexibility index (Phi) is 7.35. The van der Waals surface area contributed by atoms with E-state index in [-0.39, 0.29) is 5.91 Å². The highest BCUT2D eigenvalue weighted by Gasteiger charge is 2.08. The second kappa shape index (κ2) is 9.09. The van der Waals surface area contributed by atoms with Crippen LogP contribution in [0.15, 0.2) is 24.3 Å². The number of nitrogens with two attached hydrogens (primary N) is 1. The first-order valence-electron chi connectivity index (χ1n) is 6.85. The summed E-state index contributed by atoms with van der Waals surface area (Å²) >= 11 is 0. The lowest BCUT2D eigenvalue weighted by Crippen LogP contribution is -2.24. The first kappa shape index (κ1) is 16.2. The molecule has 5 heteroatoms. The lowest BCUT2D eigenvalue weighted by Gasteiger charge is -2.06. The van der Waals surface area contributed by atoms with Crippen molar-refractivity contribution in [3.63, 3.8) is 0 Å². The van der Waals surface area contributed by atoms with Gasteiger partial charge in [-0.1, -0.05) is 12.8 Å². The number of ether oxygens (including phenoxy) is 1. The van der Waals surface area contributed by atoms with Gasteiger partial charge >= 0.3 is 5.97 Å². The second-order valence-electron chi connectivity index (χ2n) is 4.53. The molecule has 1 aromatic rings. The lowest BCUT2D eigenvalue weighted by atomic mass is 10.1. The van der Waals surface area contributed by atoms with Crippen molar-refractivity contribution in [2.75, 3.05) is 20.2 Å². The minimum Gasteiger partial charge on any atom is -0.465 e. The van der Waals surface area contributed by atoms with Crippen LogP contribution in [0.3, 0.4) is 0 Å². The summed E-state index contributed by atoms with van der Waals surface area (Å²) < 4.78 is 4.60. The van der Waals surface area contributed by atoms with Gasteiger partial charge in [0.05, 0.1) is 12.7 Å². The number of hydrogen-bond acceptors (Lipinski definition) is 4. The van der Waals surface area contributed by atoms with E-state index >= 15 is 0 Å². The summed E-state index contributed by atoms with van der Waals surface area (Å²) in [5.41, 5.74) is 6.39. The predicted octanol–water partition coefficient (Wildman–Crippen LogP) is 1.72. The number of hydrogen-bond donors (Lipinski definition) is 2. The molecule has 1 amide bonds. The van der Waals surface area contributed by atoms with Crippen LogP contribution in [0.25, 0.3) is 0 Å². The molecule has 0 fully saturated rings. The highest BCUT2D eigenvalue weighted by Crippen LogP contribution is 2.06. The molecular weight excluding hydrogens is 256 g/mol. The minimum atomic E-state index is -0.406. The van der Waals surface area contributed by atoms with Crippen molar-refractivity contribution in [2.24, 2.45) is 5.73 Å². The van der Waals surface area contributed by atoms with E-state index in [1.54, 1.807) is 24.3 Å².